The van der Waals surface area contributed by atoms with Crippen molar-refractivity contribution < 1.29 is 13.5 Å². The minimum atomic E-state index is -3.07. The van der Waals surface area contributed by atoms with Gasteiger partial charge in [-0.15, -0.1) is 0 Å². The fourth-order valence-corrected chi connectivity index (χ4v) is 2.22. The molecule has 2 atom stereocenters. The Morgan fingerprint density at radius 1 is 1.55 bits per heavy atom. The van der Waals surface area contributed by atoms with Crippen molar-refractivity contribution in [3.05, 3.63) is 0 Å². The van der Waals surface area contributed by atoms with Crippen LogP contribution in [0.25, 0.3) is 0 Å². The number of halogens is 1. The van der Waals surface area contributed by atoms with Crippen LogP contribution in [-0.4, -0.2) is 29.1 Å². The van der Waals surface area contributed by atoms with Gasteiger partial charge in [0, 0.05) is 6.26 Å². The van der Waals surface area contributed by atoms with E-state index in [0.717, 1.165) is 19.1 Å². The van der Waals surface area contributed by atoms with E-state index in [4.69, 9.17) is 0 Å². The van der Waals surface area contributed by atoms with Crippen LogP contribution < -0.4 is 0 Å². The number of rotatable bonds is 3. The van der Waals surface area contributed by atoms with Gasteiger partial charge in [-0.3, -0.25) is 0 Å². The SMILES string of the molecule is CS(=O)(=O)[C@H](I)[C@H](O)C1CC1. The Balaban J connectivity index is 2.59. The van der Waals surface area contributed by atoms with Gasteiger partial charge in [0.1, 0.15) is 3.26 Å². The van der Waals surface area contributed by atoms with Crippen LogP contribution in [0.4, 0.5) is 0 Å². The lowest BCUT2D eigenvalue weighted by Gasteiger charge is -2.14. The monoisotopic (exact) mass is 290 g/mol. The van der Waals surface area contributed by atoms with Gasteiger partial charge in [-0.1, -0.05) is 22.6 Å². The fourth-order valence-electron chi connectivity index (χ4n) is 0.905. The molecule has 0 aromatic carbocycles. The summed E-state index contributed by atoms with van der Waals surface area (Å²) in [6.45, 7) is 0. The van der Waals surface area contributed by atoms with Gasteiger partial charge in [0.15, 0.2) is 9.84 Å². The third-order valence-corrected chi connectivity index (χ3v) is 6.39. The van der Waals surface area contributed by atoms with Crippen LogP contribution >= 0.6 is 22.6 Å². The zero-order valence-electron chi connectivity index (χ0n) is 6.20. The molecule has 0 aromatic heterocycles. The molecule has 1 N–H and O–H groups in total. The second kappa shape index (κ2) is 3.18. The number of alkyl halides is 1. The molecular formula is C6H11IO3S. The van der Waals surface area contributed by atoms with Gasteiger partial charge < -0.3 is 5.11 Å². The molecule has 0 bridgehead atoms. The Labute approximate surface area is 80.2 Å². The Morgan fingerprint density at radius 3 is 2.27 bits per heavy atom. The molecule has 11 heavy (non-hydrogen) atoms. The first-order chi connectivity index (χ1) is 4.93. The molecule has 0 saturated heterocycles. The Kier molecular flexibility index (Phi) is 2.81. The van der Waals surface area contributed by atoms with Crippen LogP contribution in [0.2, 0.25) is 0 Å². The van der Waals surface area contributed by atoms with Crippen molar-refractivity contribution in [2.75, 3.05) is 6.26 Å². The van der Waals surface area contributed by atoms with Crippen molar-refractivity contribution >= 4 is 32.4 Å². The first-order valence-corrected chi connectivity index (χ1v) is 6.64. The van der Waals surface area contributed by atoms with E-state index < -0.39 is 19.2 Å². The molecule has 5 heteroatoms. The standard InChI is InChI=1S/C6H11IO3S/c1-11(9,10)6(7)5(8)4-2-3-4/h4-6,8H,2-3H2,1H3/t5-,6+/m1/s1. The van der Waals surface area contributed by atoms with E-state index in [9.17, 15) is 13.5 Å². The third-order valence-electron chi connectivity index (χ3n) is 1.78. The number of sulfone groups is 1. The van der Waals surface area contributed by atoms with E-state index in [2.05, 4.69) is 0 Å². The van der Waals surface area contributed by atoms with Gasteiger partial charge >= 0.3 is 0 Å². The molecule has 0 aliphatic heterocycles. The summed E-state index contributed by atoms with van der Waals surface area (Å²) in [5, 5.41) is 9.41. The molecule has 0 heterocycles. The lowest BCUT2D eigenvalue weighted by atomic mass is 10.3. The van der Waals surface area contributed by atoms with Crippen molar-refractivity contribution in [2.45, 2.75) is 22.2 Å². The Morgan fingerprint density at radius 2 is 2.00 bits per heavy atom. The van der Waals surface area contributed by atoms with E-state index in [1.54, 1.807) is 22.6 Å². The summed E-state index contributed by atoms with van der Waals surface area (Å²) in [5.74, 6) is 0.228. The summed E-state index contributed by atoms with van der Waals surface area (Å²) < 4.78 is 21.2. The smallest absolute Gasteiger partial charge is 0.162 e. The average Bonchev–Trinajstić information content (AvgIpc) is 2.63. The second-order valence-electron chi connectivity index (χ2n) is 3.01. The molecule has 1 saturated carbocycles. The van der Waals surface area contributed by atoms with E-state index in [1.165, 1.54) is 0 Å². The largest absolute Gasteiger partial charge is 0.391 e. The molecule has 1 fully saturated rings. The van der Waals surface area contributed by atoms with Crippen molar-refractivity contribution in [1.29, 1.82) is 0 Å². The highest BCUT2D eigenvalue weighted by molar-refractivity contribution is 14.1. The average molecular weight is 290 g/mol. The van der Waals surface area contributed by atoms with Crippen molar-refractivity contribution in [3.8, 4) is 0 Å². The summed E-state index contributed by atoms with van der Waals surface area (Å²) in [6, 6.07) is 0. The first kappa shape index (κ1) is 9.73. The molecule has 0 aromatic rings. The minimum Gasteiger partial charge on any atom is -0.391 e. The molecule has 0 unspecified atom stereocenters. The predicted octanol–water partition coefficient (Wildman–Crippen LogP) is 0.563. The van der Waals surface area contributed by atoms with Gasteiger partial charge in [-0.2, -0.15) is 0 Å². The molecule has 3 nitrogen and oxygen atoms in total. The first-order valence-electron chi connectivity index (χ1n) is 3.44. The van der Waals surface area contributed by atoms with Crippen LogP contribution in [0.3, 0.4) is 0 Å². The van der Waals surface area contributed by atoms with E-state index in [1.807, 2.05) is 0 Å². The summed E-state index contributed by atoms with van der Waals surface area (Å²) in [6.07, 6.45) is 2.44. The molecule has 66 valence electrons. The Hall–Kier alpha value is 0.640. The number of aliphatic hydroxyl groups is 1. The predicted molar refractivity (Wildman–Crippen MR) is 51.4 cm³/mol. The van der Waals surface area contributed by atoms with Crippen LogP contribution in [0.15, 0.2) is 0 Å². The van der Waals surface area contributed by atoms with E-state index in [0.29, 0.717) is 0 Å². The maximum atomic E-state index is 10.9. The summed E-state index contributed by atoms with van der Waals surface area (Å²) in [7, 11) is -3.07. The number of aliphatic hydroxyl groups excluding tert-OH is 1. The van der Waals surface area contributed by atoms with Gasteiger partial charge in [-0.05, 0) is 18.8 Å². The number of hydrogen-bond acceptors (Lipinski definition) is 3. The highest BCUT2D eigenvalue weighted by Gasteiger charge is 2.38. The van der Waals surface area contributed by atoms with Crippen LogP contribution in [0.1, 0.15) is 12.8 Å². The minimum absolute atomic E-state index is 0.228. The van der Waals surface area contributed by atoms with Crippen LogP contribution in [-0.2, 0) is 9.84 Å². The molecule has 1 aliphatic rings. The molecule has 1 aliphatic carbocycles. The normalized spacial score (nSPS) is 24.6. The third kappa shape index (κ3) is 2.55. The van der Waals surface area contributed by atoms with Gasteiger partial charge in [-0.25, -0.2) is 8.42 Å². The zero-order valence-corrected chi connectivity index (χ0v) is 9.17. The lowest BCUT2D eigenvalue weighted by Crippen LogP contribution is -2.29. The molecule has 0 radical (unpaired) electrons. The van der Waals surface area contributed by atoms with Crippen LogP contribution in [0.5, 0.6) is 0 Å². The highest BCUT2D eigenvalue weighted by atomic mass is 127. The fraction of sp³-hybridized carbons (Fsp3) is 1.00. The van der Waals surface area contributed by atoms with Crippen molar-refractivity contribution in [3.63, 3.8) is 0 Å². The summed E-state index contributed by atoms with van der Waals surface area (Å²) in [4.78, 5) is 0. The molecule has 0 amide bonds. The highest BCUT2D eigenvalue weighted by Crippen LogP contribution is 2.36. The maximum Gasteiger partial charge on any atom is 0.162 e. The summed E-state index contributed by atoms with van der Waals surface area (Å²) >= 11 is 1.79. The maximum absolute atomic E-state index is 10.9. The van der Waals surface area contributed by atoms with Crippen LogP contribution in [0, 0.1) is 5.92 Å². The van der Waals surface area contributed by atoms with Gasteiger partial charge in [0.05, 0.1) is 6.10 Å². The molecule has 1 rings (SSSR count). The van der Waals surface area contributed by atoms with E-state index in [-0.39, 0.29) is 5.92 Å². The molecular weight excluding hydrogens is 279 g/mol. The topological polar surface area (TPSA) is 54.4 Å². The van der Waals surface area contributed by atoms with Crippen molar-refractivity contribution in [2.24, 2.45) is 5.92 Å². The lowest BCUT2D eigenvalue weighted by molar-refractivity contribution is 0.169. The molecule has 0 spiro atoms. The Bertz CT molecular complexity index is 232. The van der Waals surface area contributed by atoms with Crippen molar-refractivity contribution in [1.82, 2.24) is 0 Å². The van der Waals surface area contributed by atoms with E-state index >= 15 is 0 Å². The zero-order chi connectivity index (χ0) is 8.65. The van der Waals surface area contributed by atoms with Gasteiger partial charge in [0.25, 0.3) is 0 Å². The summed E-state index contributed by atoms with van der Waals surface area (Å²) in [5.41, 5.74) is 0. The van der Waals surface area contributed by atoms with Gasteiger partial charge in [0.2, 0.25) is 0 Å². The second-order valence-corrected chi connectivity index (χ2v) is 7.36. The quantitative estimate of drug-likeness (QED) is 0.610. The number of hydrogen-bond donors (Lipinski definition) is 1.